The summed E-state index contributed by atoms with van der Waals surface area (Å²) in [6.45, 7) is 1.20. The molecule has 1 aromatic heterocycles. The summed E-state index contributed by atoms with van der Waals surface area (Å²) < 4.78 is 59.2. The summed E-state index contributed by atoms with van der Waals surface area (Å²) in [5.41, 5.74) is -1.34. The Kier molecular flexibility index (Phi) is 3.25. The Morgan fingerprint density at radius 1 is 1.47 bits per heavy atom. The van der Waals surface area contributed by atoms with Gasteiger partial charge in [0.15, 0.2) is 0 Å². The molecule has 84 valence electrons. The number of rotatable bonds is 2. The minimum absolute atomic E-state index is 0.168. The third kappa shape index (κ3) is 2.60. The lowest BCUT2D eigenvalue weighted by molar-refractivity contribution is 0.141. The molecule has 0 unspecified atom stereocenters. The summed E-state index contributed by atoms with van der Waals surface area (Å²) in [7, 11) is 0.554. The molecular formula is C7H5ClF3NO2S. The minimum Gasteiger partial charge on any atom is -0.217 e. The van der Waals surface area contributed by atoms with Gasteiger partial charge in [-0.3, -0.25) is 0 Å². The van der Waals surface area contributed by atoms with Crippen LogP contribution in [-0.2, 0) is 9.05 Å². The molecule has 0 spiro atoms. The molecule has 1 rings (SSSR count). The molecular weight excluding hydrogens is 255 g/mol. The monoisotopic (exact) mass is 259 g/mol. The fourth-order valence-electron chi connectivity index (χ4n) is 0.931. The van der Waals surface area contributed by atoms with Crippen LogP contribution < -0.4 is 0 Å². The maximum Gasteiger partial charge on any atom is 0.281 e. The van der Waals surface area contributed by atoms with E-state index >= 15 is 0 Å². The minimum atomic E-state index is -4.35. The second kappa shape index (κ2) is 3.97. The Bertz CT molecular complexity index is 489. The smallest absolute Gasteiger partial charge is 0.217 e. The molecule has 15 heavy (non-hydrogen) atoms. The van der Waals surface area contributed by atoms with Gasteiger partial charge in [0.2, 0.25) is 5.95 Å². The summed E-state index contributed by atoms with van der Waals surface area (Å²) in [5, 5.41) is 0. The van der Waals surface area contributed by atoms with Crippen LogP contribution in [0.1, 0.15) is 17.7 Å². The van der Waals surface area contributed by atoms with Crippen molar-refractivity contribution in [1.29, 1.82) is 0 Å². The second-order valence-corrected chi connectivity index (χ2v) is 5.25. The molecule has 1 heterocycles. The zero-order chi connectivity index (χ0) is 11.8. The lowest BCUT2D eigenvalue weighted by Crippen LogP contribution is -2.05. The highest BCUT2D eigenvalue weighted by atomic mass is 35.7. The molecule has 3 nitrogen and oxygen atoms in total. The summed E-state index contributed by atoms with van der Waals surface area (Å²) >= 11 is 0. The highest BCUT2D eigenvalue weighted by molar-refractivity contribution is 8.13. The topological polar surface area (TPSA) is 47.0 Å². The lowest BCUT2D eigenvalue weighted by atomic mass is 10.2. The molecule has 0 fully saturated rings. The van der Waals surface area contributed by atoms with E-state index in [1.54, 1.807) is 0 Å². The Morgan fingerprint density at radius 2 is 2.00 bits per heavy atom. The molecule has 0 saturated carbocycles. The van der Waals surface area contributed by atoms with Crippen molar-refractivity contribution in [3.63, 3.8) is 0 Å². The van der Waals surface area contributed by atoms with Crippen LogP contribution in [0.3, 0.4) is 0 Å². The van der Waals surface area contributed by atoms with E-state index in [1.807, 2.05) is 0 Å². The number of halogens is 4. The molecule has 1 aromatic rings. The van der Waals surface area contributed by atoms with Gasteiger partial charge >= 0.3 is 0 Å². The van der Waals surface area contributed by atoms with Gasteiger partial charge in [0, 0.05) is 16.2 Å². The first-order valence-corrected chi connectivity index (χ1v) is 5.94. The number of hydrogen-bond acceptors (Lipinski definition) is 3. The zero-order valence-corrected chi connectivity index (χ0v) is 8.91. The van der Waals surface area contributed by atoms with Crippen molar-refractivity contribution in [2.45, 2.75) is 18.2 Å². The van der Waals surface area contributed by atoms with Crippen molar-refractivity contribution in [2.24, 2.45) is 0 Å². The lowest BCUT2D eigenvalue weighted by Gasteiger charge is -2.06. The van der Waals surface area contributed by atoms with Crippen LogP contribution >= 0.6 is 10.7 Å². The first-order valence-electron chi connectivity index (χ1n) is 3.63. The molecule has 0 amide bonds. The highest BCUT2D eigenvalue weighted by Crippen LogP contribution is 2.28. The number of pyridine rings is 1. The van der Waals surface area contributed by atoms with E-state index in [0.717, 1.165) is 6.07 Å². The van der Waals surface area contributed by atoms with Crippen LogP contribution in [0.15, 0.2) is 11.0 Å². The molecule has 0 aromatic carbocycles. The van der Waals surface area contributed by atoms with Gasteiger partial charge in [0.1, 0.15) is 10.6 Å². The van der Waals surface area contributed by atoms with Gasteiger partial charge in [-0.2, -0.15) is 4.39 Å². The molecule has 0 aliphatic carbocycles. The molecule has 0 aliphatic rings. The molecule has 8 heteroatoms. The van der Waals surface area contributed by atoms with Gasteiger partial charge in [0.25, 0.3) is 15.5 Å². The van der Waals surface area contributed by atoms with E-state index in [0.29, 0.717) is 0 Å². The Labute approximate surface area is 88.3 Å². The predicted octanol–water partition coefficient (Wildman–Crippen LogP) is 2.39. The van der Waals surface area contributed by atoms with E-state index < -0.39 is 32.0 Å². The maximum atomic E-state index is 12.8. The SMILES string of the molecule is Cc1cc(S(=O)(=O)Cl)c(C(F)F)nc1F. The quantitative estimate of drug-likeness (QED) is 0.605. The largest absolute Gasteiger partial charge is 0.281 e. The predicted molar refractivity (Wildman–Crippen MR) is 46.9 cm³/mol. The van der Waals surface area contributed by atoms with Crippen LogP contribution in [0.5, 0.6) is 0 Å². The number of aromatic nitrogens is 1. The summed E-state index contributed by atoms with van der Waals surface area (Å²) in [5.74, 6) is -1.14. The number of alkyl halides is 2. The average molecular weight is 260 g/mol. The maximum absolute atomic E-state index is 12.8. The van der Waals surface area contributed by atoms with Crippen molar-refractivity contribution in [3.05, 3.63) is 23.3 Å². The molecule has 0 saturated heterocycles. The average Bonchev–Trinajstić information content (AvgIpc) is 2.06. The Morgan fingerprint density at radius 3 is 2.40 bits per heavy atom. The standard InChI is InChI=1S/C7H5ClF3NO2S/c1-3-2-4(15(8,13)14)5(6(9)10)12-7(3)11/h2,6H,1H3. The Hall–Kier alpha value is -0.820. The zero-order valence-electron chi connectivity index (χ0n) is 7.34. The number of nitrogens with zero attached hydrogens (tertiary/aromatic N) is 1. The van der Waals surface area contributed by atoms with Crippen LogP contribution in [-0.4, -0.2) is 13.4 Å². The molecule has 0 bridgehead atoms. The molecule has 0 N–H and O–H groups in total. The molecule has 0 radical (unpaired) electrons. The normalized spacial score (nSPS) is 12.1. The number of hydrogen-bond donors (Lipinski definition) is 0. The van der Waals surface area contributed by atoms with E-state index in [4.69, 9.17) is 10.7 Å². The summed E-state index contributed by atoms with van der Waals surface area (Å²) in [6.07, 6.45) is -3.20. The highest BCUT2D eigenvalue weighted by Gasteiger charge is 2.25. The van der Waals surface area contributed by atoms with Gasteiger partial charge in [-0.05, 0) is 13.0 Å². The number of aryl methyl sites for hydroxylation is 1. The van der Waals surface area contributed by atoms with Crippen LogP contribution in [0.25, 0.3) is 0 Å². The van der Waals surface area contributed by atoms with Gasteiger partial charge in [-0.1, -0.05) is 0 Å². The van der Waals surface area contributed by atoms with Crippen molar-refractivity contribution in [3.8, 4) is 0 Å². The van der Waals surface area contributed by atoms with Gasteiger partial charge in [-0.25, -0.2) is 22.2 Å². The molecule has 0 aliphatic heterocycles. The summed E-state index contributed by atoms with van der Waals surface area (Å²) in [4.78, 5) is 2.00. The third-order valence-corrected chi connectivity index (χ3v) is 2.96. The van der Waals surface area contributed by atoms with Crippen molar-refractivity contribution < 1.29 is 21.6 Å². The second-order valence-electron chi connectivity index (χ2n) is 2.72. The van der Waals surface area contributed by atoms with E-state index in [9.17, 15) is 21.6 Å². The van der Waals surface area contributed by atoms with Crippen molar-refractivity contribution >= 4 is 19.7 Å². The van der Waals surface area contributed by atoms with Crippen molar-refractivity contribution in [2.75, 3.05) is 0 Å². The molecule has 0 atom stereocenters. The van der Waals surface area contributed by atoms with Crippen LogP contribution in [0.2, 0.25) is 0 Å². The van der Waals surface area contributed by atoms with Crippen molar-refractivity contribution in [1.82, 2.24) is 4.98 Å². The van der Waals surface area contributed by atoms with Crippen LogP contribution in [0.4, 0.5) is 13.2 Å². The van der Waals surface area contributed by atoms with Gasteiger partial charge in [0.05, 0.1) is 0 Å². The first kappa shape index (κ1) is 12.3. The Balaban J connectivity index is 3.56. The summed E-state index contributed by atoms with van der Waals surface area (Å²) in [6, 6.07) is 0.728. The van der Waals surface area contributed by atoms with Crippen LogP contribution in [0, 0.1) is 12.9 Å². The van der Waals surface area contributed by atoms with E-state index in [-0.39, 0.29) is 5.56 Å². The fourth-order valence-corrected chi connectivity index (χ4v) is 2.00. The van der Waals surface area contributed by atoms with Gasteiger partial charge in [-0.15, -0.1) is 0 Å². The first-order chi connectivity index (χ1) is 6.73. The third-order valence-electron chi connectivity index (χ3n) is 1.61. The van der Waals surface area contributed by atoms with E-state index in [1.165, 1.54) is 6.92 Å². The fraction of sp³-hybridized carbons (Fsp3) is 0.286. The van der Waals surface area contributed by atoms with Gasteiger partial charge < -0.3 is 0 Å². The van der Waals surface area contributed by atoms with E-state index in [2.05, 4.69) is 4.98 Å².